The van der Waals surface area contributed by atoms with Crippen LogP contribution >= 0.6 is 0 Å². The number of hydrogen-bond donors (Lipinski definition) is 2. The van der Waals surface area contributed by atoms with Crippen molar-refractivity contribution in [1.29, 1.82) is 0 Å². The van der Waals surface area contributed by atoms with Crippen LogP contribution in [-0.4, -0.2) is 60.3 Å². The Morgan fingerprint density at radius 3 is 2.50 bits per heavy atom. The van der Waals surface area contributed by atoms with Crippen LogP contribution in [0.3, 0.4) is 0 Å². The second kappa shape index (κ2) is 9.90. The van der Waals surface area contributed by atoms with Gasteiger partial charge < -0.3 is 20.1 Å². The van der Waals surface area contributed by atoms with E-state index in [2.05, 4.69) is 51.2 Å². The number of allylic oxidation sites excluding steroid dienone is 3. The zero-order valence-corrected chi connectivity index (χ0v) is 23.6. The molecule has 3 saturated carbocycles. The van der Waals surface area contributed by atoms with Crippen LogP contribution in [0, 0.1) is 34.5 Å². The molecule has 0 saturated heterocycles. The van der Waals surface area contributed by atoms with Crippen LogP contribution in [-0.2, 0) is 14.3 Å². The third kappa shape index (κ3) is 4.36. The summed E-state index contributed by atoms with van der Waals surface area (Å²) < 4.78 is 5.93. The first-order valence-corrected chi connectivity index (χ1v) is 14.0. The average molecular weight is 501 g/mol. The molecule has 0 aromatic heterocycles. The summed E-state index contributed by atoms with van der Waals surface area (Å²) in [6, 6.07) is -0.0575. The lowest BCUT2D eigenvalue weighted by atomic mass is 9.44. The van der Waals surface area contributed by atoms with E-state index in [1.54, 1.807) is 18.6 Å². The Labute approximate surface area is 217 Å². The van der Waals surface area contributed by atoms with Gasteiger partial charge in [-0.05, 0) is 102 Å². The SMILES string of the molecule is CC=C(C)C(=O)NC1C(O)CC2(C)C3CCC4(C)C(=CCC4C(C)N(C)C)C3CCC2C1OC(C)=O. The Bertz CT molecular complexity index is 941. The number of aliphatic hydroxyl groups excluding tert-OH is 1. The third-order valence-corrected chi connectivity index (χ3v) is 11.0. The van der Waals surface area contributed by atoms with E-state index in [1.165, 1.54) is 13.3 Å². The van der Waals surface area contributed by atoms with Crippen LogP contribution in [0.4, 0.5) is 0 Å². The van der Waals surface area contributed by atoms with E-state index in [4.69, 9.17) is 4.74 Å². The average Bonchev–Trinajstić information content (AvgIpc) is 3.16. The van der Waals surface area contributed by atoms with Crippen molar-refractivity contribution in [3.8, 4) is 0 Å². The molecule has 0 aromatic carbocycles. The number of carbonyl (C=O) groups excluding carboxylic acids is 2. The van der Waals surface area contributed by atoms with Gasteiger partial charge in [-0.3, -0.25) is 9.59 Å². The fourth-order valence-corrected chi connectivity index (χ4v) is 8.75. The van der Waals surface area contributed by atoms with E-state index in [0.29, 0.717) is 35.8 Å². The van der Waals surface area contributed by atoms with E-state index in [1.807, 2.05) is 6.92 Å². The molecule has 0 heterocycles. The maximum Gasteiger partial charge on any atom is 0.302 e. The van der Waals surface area contributed by atoms with Gasteiger partial charge in [0.15, 0.2) is 0 Å². The lowest BCUT2D eigenvalue weighted by Crippen LogP contribution is -2.66. The number of fused-ring (bicyclic) bond motifs is 5. The molecule has 0 aliphatic heterocycles. The molecule has 6 nitrogen and oxygen atoms in total. The van der Waals surface area contributed by atoms with Crippen LogP contribution in [0.25, 0.3) is 0 Å². The summed E-state index contributed by atoms with van der Waals surface area (Å²) in [4.78, 5) is 27.3. The fourth-order valence-electron chi connectivity index (χ4n) is 8.75. The molecule has 0 spiro atoms. The van der Waals surface area contributed by atoms with Crippen LogP contribution in [0.2, 0.25) is 0 Å². The van der Waals surface area contributed by atoms with Crippen LogP contribution in [0.15, 0.2) is 23.3 Å². The summed E-state index contributed by atoms with van der Waals surface area (Å²) in [5.41, 5.74) is 2.33. The van der Waals surface area contributed by atoms with E-state index in [-0.39, 0.29) is 28.6 Å². The summed E-state index contributed by atoms with van der Waals surface area (Å²) in [5.74, 6) is 1.16. The topological polar surface area (TPSA) is 78.9 Å². The van der Waals surface area contributed by atoms with Crippen molar-refractivity contribution in [2.24, 2.45) is 34.5 Å². The number of nitrogens with one attached hydrogen (secondary N) is 1. The Balaban J connectivity index is 1.63. The summed E-state index contributed by atoms with van der Waals surface area (Å²) >= 11 is 0. The standard InChI is InChI=1S/C30H48N2O4/c1-9-17(2)28(35)31-26-25(34)16-30(6)23-14-15-29(5)21(18(3)32(7)8)12-13-22(29)20(23)10-11-24(30)27(26)36-19(4)33/h9,13,18,20-21,23-27,34H,10-12,14-16H2,1-8H3,(H,31,35). The lowest BCUT2D eigenvalue weighted by molar-refractivity contribution is -0.186. The minimum atomic E-state index is -0.754. The van der Waals surface area contributed by atoms with Gasteiger partial charge in [-0.25, -0.2) is 0 Å². The summed E-state index contributed by atoms with van der Waals surface area (Å²) in [5, 5.41) is 14.4. The summed E-state index contributed by atoms with van der Waals surface area (Å²) in [6.45, 7) is 12.2. The van der Waals surface area contributed by atoms with E-state index in [0.717, 1.165) is 25.7 Å². The minimum Gasteiger partial charge on any atom is -0.460 e. The number of esters is 1. The molecule has 3 fully saturated rings. The summed E-state index contributed by atoms with van der Waals surface area (Å²) in [7, 11) is 4.38. The van der Waals surface area contributed by atoms with E-state index in [9.17, 15) is 14.7 Å². The van der Waals surface area contributed by atoms with Gasteiger partial charge in [0.1, 0.15) is 6.10 Å². The number of aliphatic hydroxyl groups is 1. The molecule has 4 aliphatic rings. The molecule has 6 heteroatoms. The van der Waals surface area contributed by atoms with Gasteiger partial charge in [-0.1, -0.05) is 31.6 Å². The highest BCUT2D eigenvalue weighted by Gasteiger charge is 2.62. The van der Waals surface area contributed by atoms with E-state index < -0.39 is 18.2 Å². The molecule has 1 amide bonds. The second-order valence-electron chi connectivity index (χ2n) is 12.9. The van der Waals surface area contributed by atoms with Crippen molar-refractivity contribution in [3.63, 3.8) is 0 Å². The molecule has 4 aliphatic carbocycles. The number of amides is 1. The Kier molecular flexibility index (Phi) is 7.53. The smallest absolute Gasteiger partial charge is 0.302 e. The van der Waals surface area contributed by atoms with Crippen LogP contribution in [0.1, 0.15) is 80.1 Å². The number of nitrogens with zero attached hydrogens (tertiary/aromatic N) is 1. The summed E-state index contributed by atoms with van der Waals surface area (Å²) in [6.07, 6.45) is 9.14. The first-order chi connectivity index (χ1) is 16.8. The van der Waals surface area contributed by atoms with Crippen LogP contribution < -0.4 is 5.32 Å². The van der Waals surface area contributed by atoms with Gasteiger partial charge >= 0.3 is 5.97 Å². The first-order valence-electron chi connectivity index (χ1n) is 14.0. The predicted molar refractivity (Wildman–Crippen MR) is 142 cm³/mol. The normalized spacial score (nSPS) is 43.1. The monoisotopic (exact) mass is 500 g/mol. The molecule has 10 unspecified atom stereocenters. The molecule has 10 atom stereocenters. The van der Waals surface area contributed by atoms with Crippen molar-refractivity contribution in [3.05, 3.63) is 23.3 Å². The van der Waals surface area contributed by atoms with Gasteiger partial charge in [0.25, 0.3) is 0 Å². The van der Waals surface area contributed by atoms with Crippen molar-refractivity contribution >= 4 is 11.9 Å². The van der Waals surface area contributed by atoms with E-state index >= 15 is 0 Å². The molecule has 0 aromatic rings. The highest BCUT2D eigenvalue weighted by molar-refractivity contribution is 5.93. The molecule has 4 rings (SSSR count). The van der Waals surface area contributed by atoms with Gasteiger partial charge in [0.05, 0.1) is 12.1 Å². The van der Waals surface area contributed by atoms with Crippen molar-refractivity contribution in [2.75, 3.05) is 14.1 Å². The fraction of sp³-hybridized carbons (Fsp3) is 0.800. The molecule has 2 N–H and O–H groups in total. The molecule has 36 heavy (non-hydrogen) atoms. The largest absolute Gasteiger partial charge is 0.460 e. The van der Waals surface area contributed by atoms with Crippen molar-refractivity contribution in [1.82, 2.24) is 10.2 Å². The van der Waals surface area contributed by atoms with Gasteiger partial charge in [0.2, 0.25) is 5.91 Å². The van der Waals surface area contributed by atoms with Gasteiger partial charge in [-0.2, -0.15) is 0 Å². The van der Waals surface area contributed by atoms with Gasteiger partial charge in [-0.15, -0.1) is 0 Å². The third-order valence-electron chi connectivity index (χ3n) is 11.0. The maximum absolute atomic E-state index is 12.7. The predicted octanol–water partition coefficient (Wildman–Crippen LogP) is 4.48. The number of carbonyl (C=O) groups is 2. The Morgan fingerprint density at radius 1 is 1.19 bits per heavy atom. The molecular weight excluding hydrogens is 452 g/mol. The van der Waals surface area contributed by atoms with Crippen molar-refractivity contribution in [2.45, 2.75) is 104 Å². The molecule has 0 bridgehead atoms. The minimum absolute atomic E-state index is 0.116. The maximum atomic E-state index is 12.7. The van der Waals surface area contributed by atoms with Crippen molar-refractivity contribution < 1.29 is 19.4 Å². The number of ether oxygens (including phenoxy) is 1. The zero-order chi connectivity index (χ0) is 26.6. The quantitative estimate of drug-likeness (QED) is 0.331. The number of rotatable bonds is 5. The Morgan fingerprint density at radius 2 is 1.89 bits per heavy atom. The number of hydrogen-bond acceptors (Lipinski definition) is 5. The highest BCUT2D eigenvalue weighted by Crippen LogP contribution is 2.66. The zero-order valence-electron chi connectivity index (χ0n) is 23.6. The van der Waals surface area contributed by atoms with Gasteiger partial charge in [0, 0.05) is 24.5 Å². The molecular formula is C30H48N2O4. The Hall–Kier alpha value is -1.66. The lowest BCUT2D eigenvalue weighted by Gasteiger charge is -2.62. The van der Waals surface area contributed by atoms with Crippen LogP contribution in [0.5, 0.6) is 0 Å². The highest BCUT2D eigenvalue weighted by atomic mass is 16.5. The first kappa shape index (κ1) is 27.4. The molecule has 202 valence electrons. The second-order valence-corrected chi connectivity index (χ2v) is 12.9. The molecule has 0 radical (unpaired) electrons.